The highest BCUT2D eigenvalue weighted by Gasteiger charge is 2.20. The Balaban J connectivity index is 1.38. The molecule has 0 radical (unpaired) electrons. The summed E-state index contributed by atoms with van der Waals surface area (Å²) in [5.74, 6) is 0.167. The number of ether oxygens (including phenoxy) is 2. The van der Waals surface area contributed by atoms with Gasteiger partial charge in [0, 0.05) is 5.39 Å². The van der Waals surface area contributed by atoms with Gasteiger partial charge in [-0.3, -0.25) is 4.79 Å². The number of esters is 1. The van der Waals surface area contributed by atoms with E-state index in [0.29, 0.717) is 28.2 Å². The first-order valence-electron chi connectivity index (χ1n) is 12.8. The van der Waals surface area contributed by atoms with E-state index in [1.165, 1.54) is 0 Å². The maximum absolute atomic E-state index is 13.6. The maximum atomic E-state index is 13.6. The first-order chi connectivity index (χ1) is 19.0. The zero-order valence-corrected chi connectivity index (χ0v) is 21.8. The van der Waals surface area contributed by atoms with Crippen LogP contribution < -0.4 is 10.1 Å². The second-order valence-electron chi connectivity index (χ2n) is 9.33. The summed E-state index contributed by atoms with van der Waals surface area (Å²) in [6.07, 6.45) is -0.102. The van der Waals surface area contributed by atoms with E-state index in [9.17, 15) is 9.59 Å². The van der Waals surface area contributed by atoms with Gasteiger partial charge in [0.05, 0.1) is 22.7 Å². The summed E-state index contributed by atoms with van der Waals surface area (Å²) in [6, 6.07) is 33.5. The third-order valence-electron chi connectivity index (χ3n) is 6.08. The Morgan fingerprint density at radius 2 is 1.56 bits per heavy atom. The van der Waals surface area contributed by atoms with Crippen molar-refractivity contribution in [3.8, 4) is 16.9 Å². The smallest absolute Gasteiger partial charge is 0.338 e. The molecule has 1 aromatic heterocycles. The molecular formula is C33H28N2O4. The molecule has 0 aliphatic rings. The van der Waals surface area contributed by atoms with Crippen LogP contribution in [0.3, 0.4) is 0 Å². The van der Waals surface area contributed by atoms with Crippen LogP contribution >= 0.6 is 0 Å². The van der Waals surface area contributed by atoms with Crippen LogP contribution in [0.2, 0.25) is 0 Å². The number of carbonyl (C=O) groups excluding carboxylic acids is 2. The van der Waals surface area contributed by atoms with Crippen molar-refractivity contribution in [2.24, 2.45) is 0 Å². The quantitative estimate of drug-likeness (QED) is 0.219. The summed E-state index contributed by atoms with van der Waals surface area (Å²) in [6.45, 7) is 4.05. The third-order valence-corrected chi connectivity index (χ3v) is 6.08. The molecule has 0 spiro atoms. The van der Waals surface area contributed by atoms with Gasteiger partial charge in [0.15, 0.2) is 0 Å². The fraction of sp³-hybridized carbons (Fsp3) is 0.121. The first-order valence-corrected chi connectivity index (χ1v) is 12.8. The number of amides is 1. The molecule has 6 nitrogen and oxygen atoms in total. The van der Waals surface area contributed by atoms with Crippen LogP contribution in [0, 0.1) is 0 Å². The van der Waals surface area contributed by atoms with Gasteiger partial charge in [-0.05, 0) is 66.9 Å². The lowest BCUT2D eigenvalue weighted by atomic mass is 9.98. The van der Waals surface area contributed by atoms with Crippen molar-refractivity contribution in [1.82, 2.24) is 4.98 Å². The summed E-state index contributed by atoms with van der Waals surface area (Å²) >= 11 is 0. The first kappa shape index (κ1) is 25.7. The summed E-state index contributed by atoms with van der Waals surface area (Å²) in [7, 11) is 0. The van der Waals surface area contributed by atoms with Crippen molar-refractivity contribution in [2.75, 3.05) is 5.32 Å². The van der Waals surface area contributed by atoms with Crippen molar-refractivity contribution < 1.29 is 19.1 Å². The molecule has 1 heterocycles. The molecule has 5 aromatic rings. The topological polar surface area (TPSA) is 77.5 Å². The normalized spacial score (nSPS) is 10.8. The maximum Gasteiger partial charge on any atom is 0.338 e. The van der Waals surface area contributed by atoms with E-state index in [1.54, 1.807) is 30.3 Å². The van der Waals surface area contributed by atoms with Crippen LogP contribution in [0.15, 0.2) is 109 Å². The highest BCUT2D eigenvalue weighted by molar-refractivity contribution is 6.10. The molecule has 5 rings (SSSR count). The molecule has 0 fully saturated rings. The molecule has 6 heteroatoms. The van der Waals surface area contributed by atoms with Gasteiger partial charge < -0.3 is 14.8 Å². The van der Waals surface area contributed by atoms with E-state index in [0.717, 1.165) is 22.1 Å². The summed E-state index contributed by atoms with van der Waals surface area (Å²) in [4.78, 5) is 30.8. The average molecular weight is 517 g/mol. The zero-order valence-electron chi connectivity index (χ0n) is 21.8. The molecule has 1 N–H and O–H groups in total. The average Bonchev–Trinajstić information content (AvgIpc) is 2.96. The lowest BCUT2D eigenvalue weighted by Gasteiger charge is -2.17. The lowest BCUT2D eigenvalue weighted by molar-refractivity contribution is 0.0473. The second-order valence-corrected chi connectivity index (χ2v) is 9.33. The number of aromatic nitrogens is 1. The molecule has 0 saturated heterocycles. The minimum Gasteiger partial charge on any atom is -0.490 e. The Morgan fingerprint density at radius 3 is 2.31 bits per heavy atom. The summed E-state index contributed by atoms with van der Waals surface area (Å²) in [5, 5.41) is 3.69. The van der Waals surface area contributed by atoms with Crippen LogP contribution in [0.5, 0.6) is 5.75 Å². The monoisotopic (exact) mass is 516 g/mol. The standard InChI is InChI=1S/C33H28N2O4/c1-22(2)39-29-15-9-14-27(24-12-7-4-8-13-24)31(29)32(36)35-30-19-17-25-20-26(16-18-28(25)34-30)33(37)38-21-23-10-5-3-6-11-23/h3-20,22H,21H2,1-2H3,(H,34,35,36). The number of nitrogens with zero attached hydrogens (tertiary/aromatic N) is 1. The number of carbonyl (C=O) groups is 2. The second kappa shape index (κ2) is 11.6. The molecule has 0 atom stereocenters. The molecule has 194 valence electrons. The fourth-order valence-corrected chi connectivity index (χ4v) is 4.28. The summed E-state index contributed by atoms with van der Waals surface area (Å²) < 4.78 is 11.4. The molecule has 1 amide bonds. The molecule has 39 heavy (non-hydrogen) atoms. The van der Waals surface area contributed by atoms with Gasteiger partial charge in [-0.25, -0.2) is 9.78 Å². The zero-order chi connectivity index (χ0) is 27.2. The van der Waals surface area contributed by atoms with E-state index in [1.807, 2.05) is 92.7 Å². The van der Waals surface area contributed by atoms with Gasteiger partial charge in [-0.2, -0.15) is 0 Å². The van der Waals surface area contributed by atoms with Gasteiger partial charge in [0.25, 0.3) is 5.91 Å². The highest BCUT2D eigenvalue weighted by Crippen LogP contribution is 2.32. The Kier molecular flexibility index (Phi) is 7.64. The van der Waals surface area contributed by atoms with E-state index < -0.39 is 5.97 Å². The van der Waals surface area contributed by atoms with Crippen molar-refractivity contribution in [2.45, 2.75) is 26.6 Å². The van der Waals surface area contributed by atoms with Gasteiger partial charge in [-0.1, -0.05) is 72.8 Å². The number of benzene rings is 4. The van der Waals surface area contributed by atoms with Crippen LogP contribution in [-0.4, -0.2) is 23.0 Å². The van der Waals surface area contributed by atoms with E-state index >= 15 is 0 Å². The fourth-order valence-electron chi connectivity index (χ4n) is 4.28. The Morgan fingerprint density at radius 1 is 0.821 bits per heavy atom. The van der Waals surface area contributed by atoms with Crippen molar-refractivity contribution in [3.63, 3.8) is 0 Å². The van der Waals surface area contributed by atoms with Crippen LogP contribution in [-0.2, 0) is 11.3 Å². The largest absolute Gasteiger partial charge is 0.490 e. The molecule has 0 aliphatic carbocycles. The van der Waals surface area contributed by atoms with Gasteiger partial charge in [0.2, 0.25) is 0 Å². The Bertz CT molecular complexity index is 1620. The van der Waals surface area contributed by atoms with Crippen molar-refractivity contribution in [3.05, 3.63) is 126 Å². The van der Waals surface area contributed by atoms with E-state index in [-0.39, 0.29) is 18.6 Å². The molecule has 0 saturated carbocycles. The minimum absolute atomic E-state index is 0.102. The van der Waals surface area contributed by atoms with Crippen molar-refractivity contribution in [1.29, 1.82) is 0 Å². The van der Waals surface area contributed by atoms with Gasteiger partial charge in [-0.15, -0.1) is 0 Å². The van der Waals surface area contributed by atoms with Crippen LogP contribution in [0.25, 0.3) is 22.0 Å². The number of anilines is 1. The SMILES string of the molecule is CC(C)Oc1cccc(-c2ccccc2)c1C(=O)Nc1ccc2cc(C(=O)OCc3ccccc3)ccc2n1. The predicted octanol–water partition coefficient (Wildman–Crippen LogP) is 7.30. The number of rotatable bonds is 8. The van der Waals surface area contributed by atoms with Gasteiger partial charge >= 0.3 is 5.97 Å². The summed E-state index contributed by atoms with van der Waals surface area (Å²) in [5.41, 5.74) is 4.12. The number of nitrogens with one attached hydrogen (secondary N) is 1. The van der Waals surface area contributed by atoms with Crippen LogP contribution in [0.4, 0.5) is 5.82 Å². The number of hydrogen-bond donors (Lipinski definition) is 1. The lowest BCUT2D eigenvalue weighted by Crippen LogP contribution is -2.17. The molecule has 0 bridgehead atoms. The predicted molar refractivity (Wildman–Crippen MR) is 153 cm³/mol. The van der Waals surface area contributed by atoms with Gasteiger partial charge in [0.1, 0.15) is 18.2 Å². The number of pyridine rings is 1. The van der Waals surface area contributed by atoms with Crippen molar-refractivity contribution >= 4 is 28.6 Å². The van der Waals surface area contributed by atoms with E-state index in [4.69, 9.17) is 9.47 Å². The molecule has 0 aliphatic heterocycles. The Hall–Kier alpha value is -4.97. The third kappa shape index (κ3) is 6.13. The molecular weight excluding hydrogens is 488 g/mol. The number of hydrogen-bond acceptors (Lipinski definition) is 5. The van der Waals surface area contributed by atoms with E-state index in [2.05, 4.69) is 10.3 Å². The molecule has 0 unspecified atom stereocenters. The Labute approximate surface area is 227 Å². The molecule has 4 aromatic carbocycles. The highest BCUT2D eigenvalue weighted by atomic mass is 16.5. The van der Waals surface area contributed by atoms with Crippen LogP contribution in [0.1, 0.15) is 40.1 Å². The number of fused-ring (bicyclic) bond motifs is 1. The minimum atomic E-state index is -0.409.